The number of piperidine rings is 1. The molecule has 0 radical (unpaired) electrons. The van der Waals surface area contributed by atoms with Crippen molar-refractivity contribution in [3.05, 3.63) is 29.3 Å². The maximum Gasteiger partial charge on any atom is 0.163 e. The zero-order chi connectivity index (χ0) is 13.2. The van der Waals surface area contributed by atoms with E-state index in [2.05, 4.69) is 42.5 Å². The first kappa shape index (κ1) is 12.9. The van der Waals surface area contributed by atoms with E-state index < -0.39 is 0 Å². The summed E-state index contributed by atoms with van der Waals surface area (Å²) < 4.78 is 0. The molecule has 0 amide bonds. The van der Waals surface area contributed by atoms with Crippen molar-refractivity contribution in [2.24, 2.45) is 0 Å². The van der Waals surface area contributed by atoms with Crippen LogP contribution in [0, 0.1) is 0 Å². The van der Waals surface area contributed by atoms with Gasteiger partial charge in [0.2, 0.25) is 0 Å². The molecular weight excluding hydrogens is 234 g/mol. The van der Waals surface area contributed by atoms with Crippen molar-refractivity contribution in [1.82, 2.24) is 0 Å². The molecule has 1 fully saturated rings. The third-order valence-corrected chi connectivity index (χ3v) is 4.77. The van der Waals surface area contributed by atoms with E-state index in [1.165, 1.54) is 44.6 Å². The van der Waals surface area contributed by atoms with E-state index in [9.17, 15) is 0 Å². The smallest absolute Gasteiger partial charge is 0.163 e. The van der Waals surface area contributed by atoms with Crippen LogP contribution in [-0.2, 0) is 6.54 Å². The number of fused-ring (bicyclic) bond motifs is 1. The van der Waals surface area contributed by atoms with Crippen LogP contribution in [0.25, 0.3) is 0 Å². The maximum atomic E-state index is 2.49. The molecule has 2 heterocycles. The molecule has 1 atom stereocenters. The van der Waals surface area contributed by atoms with Crippen molar-refractivity contribution in [2.75, 3.05) is 38.6 Å². The summed E-state index contributed by atoms with van der Waals surface area (Å²) in [4.78, 5) is 4.03. The molecule has 1 aromatic carbocycles. The molecule has 0 aromatic heterocycles. The first-order valence-electron chi connectivity index (χ1n) is 7.72. The topological polar surface area (TPSA) is 24.3 Å². The van der Waals surface area contributed by atoms with Crippen molar-refractivity contribution >= 4 is 5.69 Å². The van der Waals surface area contributed by atoms with Gasteiger partial charge in [-0.05, 0) is 31.4 Å². The van der Waals surface area contributed by atoms with Gasteiger partial charge in [0.05, 0.1) is 13.1 Å². The van der Waals surface area contributed by atoms with Crippen molar-refractivity contribution in [2.45, 2.75) is 31.8 Å². The Bertz CT molecular complexity index is 436. The Kier molecular flexibility index (Phi) is 3.76. The Morgan fingerprint density at radius 3 is 2.68 bits per heavy atom. The fourth-order valence-electron chi connectivity index (χ4n) is 3.66. The van der Waals surface area contributed by atoms with E-state index in [4.69, 9.17) is 0 Å². The van der Waals surface area contributed by atoms with Gasteiger partial charge in [0, 0.05) is 30.9 Å². The van der Waals surface area contributed by atoms with Gasteiger partial charge < -0.3 is 15.1 Å². The number of nitrogens with one attached hydrogen (secondary N) is 1. The first-order chi connectivity index (χ1) is 9.25. The van der Waals surface area contributed by atoms with Crippen LogP contribution in [-0.4, -0.2) is 33.7 Å². The maximum absolute atomic E-state index is 2.49. The lowest BCUT2D eigenvalue weighted by Crippen LogP contribution is -3.16. The van der Waals surface area contributed by atoms with E-state index in [0.717, 1.165) is 12.6 Å². The predicted octanol–water partition coefficient (Wildman–Crippen LogP) is -0.0605. The van der Waals surface area contributed by atoms with Gasteiger partial charge in [0.1, 0.15) is 13.1 Å². The van der Waals surface area contributed by atoms with Gasteiger partial charge in [-0.1, -0.05) is 6.07 Å². The Morgan fingerprint density at radius 1 is 1.16 bits per heavy atom. The Morgan fingerprint density at radius 2 is 1.95 bits per heavy atom. The van der Waals surface area contributed by atoms with Crippen LogP contribution >= 0.6 is 0 Å². The molecule has 0 unspecified atom stereocenters. The number of quaternary nitrogens is 2. The Balaban J connectivity index is 1.87. The summed E-state index contributed by atoms with van der Waals surface area (Å²) in [7, 11) is 4.25. The normalized spacial score (nSPS) is 24.0. The molecule has 0 aliphatic carbocycles. The second kappa shape index (κ2) is 5.51. The van der Waals surface area contributed by atoms with Gasteiger partial charge >= 0.3 is 0 Å². The lowest BCUT2D eigenvalue weighted by Gasteiger charge is -2.34. The molecule has 3 nitrogen and oxygen atoms in total. The molecule has 3 N–H and O–H groups in total. The van der Waals surface area contributed by atoms with E-state index in [0.29, 0.717) is 0 Å². The quantitative estimate of drug-likeness (QED) is 0.766. The van der Waals surface area contributed by atoms with Crippen LogP contribution in [0.3, 0.4) is 0 Å². The van der Waals surface area contributed by atoms with E-state index >= 15 is 0 Å². The highest BCUT2D eigenvalue weighted by molar-refractivity contribution is 5.50. The minimum atomic E-state index is 0.722. The summed E-state index contributed by atoms with van der Waals surface area (Å²) in [6, 6.07) is 7.80. The molecule has 19 heavy (non-hydrogen) atoms. The summed E-state index contributed by atoms with van der Waals surface area (Å²) in [6.45, 7) is 5.16. The number of hydrogen-bond donors (Lipinski definition) is 2. The van der Waals surface area contributed by atoms with E-state index in [1.54, 1.807) is 11.1 Å². The summed E-state index contributed by atoms with van der Waals surface area (Å²) in [5.41, 5.74) is 4.51. The van der Waals surface area contributed by atoms with Crippen LogP contribution in [0.5, 0.6) is 0 Å². The van der Waals surface area contributed by atoms with Crippen LogP contribution in [0.15, 0.2) is 18.2 Å². The van der Waals surface area contributed by atoms with Gasteiger partial charge in [-0.2, -0.15) is 0 Å². The number of likely N-dealkylation sites (tertiary alicyclic amines) is 1. The van der Waals surface area contributed by atoms with Crippen LogP contribution in [0.4, 0.5) is 5.69 Å². The fraction of sp³-hybridized carbons (Fsp3) is 0.625. The fourth-order valence-corrected chi connectivity index (χ4v) is 3.66. The van der Waals surface area contributed by atoms with Crippen LogP contribution in [0.1, 0.15) is 36.4 Å². The summed E-state index contributed by atoms with van der Waals surface area (Å²) in [5.74, 6) is 0. The SMILES string of the molecule is CN(C)c1ccc2c(c1)C[NH2+]C[C@@H]2[NH+]1CCCCC1. The highest BCUT2D eigenvalue weighted by atomic mass is 15.2. The molecule has 3 heteroatoms. The second-order valence-corrected chi connectivity index (χ2v) is 6.28. The van der Waals surface area contributed by atoms with E-state index in [-0.39, 0.29) is 0 Å². The minimum absolute atomic E-state index is 0.722. The average Bonchev–Trinajstić information content (AvgIpc) is 2.47. The zero-order valence-electron chi connectivity index (χ0n) is 12.3. The highest BCUT2D eigenvalue weighted by Gasteiger charge is 2.32. The number of rotatable bonds is 2. The van der Waals surface area contributed by atoms with Crippen molar-refractivity contribution < 1.29 is 10.2 Å². The second-order valence-electron chi connectivity index (χ2n) is 6.28. The summed E-state index contributed by atoms with van der Waals surface area (Å²) in [5, 5.41) is 2.49. The van der Waals surface area contributed by atoms with Gasteiger partial charge in [0.15, 0.2) is 6.04 Å². The van der Waals surface area contributed by atoms with Crippen molar-refractivity contribution in [1.29, 1.82) is 0 Å². The third-order valence-electron chi connectivity index (χ3n) is 4.77. The molecule has 2 aliphatic rings. The van der Waals surface area contributed by atoms with Gasteiger partial charge in [-0.3, -0.25) is 0 Å². The molecule has 3 rings (SSSR count). The lowest BCUT2D eigenvalue weighted by molar-refractivity contribution is -0.952. The van der Waals surface area contributed by atoms with Gasteiger partial charge in [-0.15, -0.1) is 0 Å². The molecule has 104 valence electrons. The van der Waals surface area contributed by atoms with Crippen molar-refractivity contribution in [3.8, 4) is 0 Å². The highest BCUT2D eigenvalue weighted by Crippen LogP contribution is 2.23. The minimum Gasteiger partial charge on any atom is -0.378 e. The molecule has 0 spiro atoms. The first-order valence-corrected chi connectivity index (χ1v) is 7.72. The predicted molar refractivity (Wildman–Crippen MR) is 78.6 cm³/mol. The molecule has 2 aliphatic heterocycles. The molecular formula is C16H27N3+2. The van der Waals surface area contributed by atoms with E-state index in [1.807, 2.05) is 4.90 Å². The standard InChI is InChI=1S/C16H25N3/c1-18(2)14-6-7-15-13(10-14)11-17-12-16(15)19-8-4-3-5-9-19/h6-7,10,16-17H,3-5,8-9,11-12H2,1-2H3/p+2/t16-/m0/s1. The third kappa shape index (κ3) is 2.63. The number of benzene rings is 1. The monoisotopic (exact) mass is 261 g/mol. The van der Waals surface area contributed by atoms with Gasteiger partial charge in [-0.25, -0.2) is 0 Å². The number of nitrogens with zero attached hydrogens (tertiary/aromatic N) is 1. The summed E-state index contributed by atoms with van der Waals surface area (Å²) >= 11 is 0. The zero-order valence-corrected chi connectivity index (χ0v) is 12.3. The van der Waals surface area contributed by atoms with Crippen LogP contribution < -0.4 is 15.1 Å². The van der Waals surface area contributed by atoms with Gasteiger partial charge in [0.25, 0.3) is 0 Å². The van der Waals surface area contributed by atoms with Crippen molar-refractivity contribution in [3.63, 3.8) is 0 Å². The molecule has 0 saturated carbocycles. The molecule has 0 bridgehead atoms. The average molecular weight is 261 g/mol. The molecule has 1 saturated heterocycles. The number of anilines is 1. The van der Waals surface area contributed by atoms with Crippen LogP contribution in [0.2, 0.25) is 0 Å². The number of nitrogens with two attached hydrogens (primary N) is 1. The summed E-state index contributed by atoms with van der Waals surface area (Å²) in [6.07, 6.45) is 4.26. The Labute approximate surface area is 116 Å². The molecule has 1 aromatic rings. The number of hydrogen-bond acceptors (Lipinski definition) is 1. The Hall–Kier alpha value is -1.06. The lowest BCUT2D eigenvalue weighted by atomic mass is 9.93. The largest absolute Gasteiger partial charge is 0.378 e.